The minimum Gasteiger partial charge on any atom is -0.383 e. The summed E-state index contributed by atoms with van der Waals surface area (Å²) in [5.41, 5.74) is 1.19. The number of carbonyl (C=O) groups excluding carboxylic acids is 1. The number of nitrogens with one attached hydrogen (secondary N) is 3. The summed E-state index contributed by atoms with van der Waals surface area (Å²) < 4.78 is 32.5. The molecule has 1 heterocycles. The normalized spacial score (nSPS) is 15.7. The van der Waals surface area contributed by atoms with Crippen LogP contribution in [0.3, 0.4) is 0 Å². The van der Waals surface area contributed by atoms with E-state index in [0.717, 1.165) is 6.54 Å². The minimum absolute atomic E-state index is 0.169. The van der Waals surface area contributed by atoms with Crippen LogP contribution in [-0.4, -0.2) is 65.1 Å². The number of nitrogens with zero attached hydrogens (tertiary/aromatic N) is 1. The van der Waals surface area contributed by atoms with Gasteiger partial charge in [0.1, 0.15) is 0 Å². The van der Waals surface area contributed by atoms with Gasteiger partial charge >= 0.3 is 0 Å². The summed E-state index contributed by atoms with van der Waals surface area (Å²) in [6.45, 7) is 6.87. The molecule has 1 aliphatic rings. The number of ether oxygens (including phenoxy) is 1. The molecule has 1 aliphatic heterocycles. The molecule has 3 N–H and O–H groups in total. The van der Waals surface area contributed by atoms with Crippen molar-refractivity contribution in [2.24, 2.45) is 5.92 Å². The third kappa shape index (κ3) is 6.17. The molecule has 0 aliphatic carbocycles. The zero-order valence-corrected chi connectivity index (χ0v) is 17.1. The SMILES string of the molecule is CNCCC(=O)Nc1cc(S(=O)(=O)N2CCOCC2)ccc1NCC(C)C. The van der Waals surface area contributed by atoms with Gasteiger partial charge in [0.05, 0.1) is 29.5 Å². The van der Waals surface area contributed by atoms with Gasteiger partial charge in [0.25, 0.3) is 0 Å². The van der Waals surface area contributed by atoms with E-state index in [2.05, 4.69) is 29.8 Å². The van der Waals surface area contributed by atoms with Crippen molar-refractivity contribution in [3.05, 3.63) is 18.2 Å². The van der Waals surface area contributed by atoms with Crippen molar-refractivity contribution in [1.29, 1.82) is 0 Å². The Kier molecular flexibility index (Phi) is 8.03. The van der Waals surface area contributed by atoms with Crippen LogP contribution >= 0.6 is 0 Å². The van der Waals surface area contributed by atoms with Gasteiger partial charge in [0.2, 0.25) is 15.9 Å². The highest BCUT2D eigenvalue weighted by atomic mass is 32.2. The third-order valence-electron chi connectivity index (χ3n) is 4.18. The van der Waals surface area contributed by atoms with E-state index in [4.69, 9.17) is 4.74 Å². The van der Waals surface area contributed by atoms with Crippen LogP contribution in [0.1, 0.15) is 20.3 Å². The van der Waals surface area contributed by atoms with Crippen LogP contribution in [0.5, 0.6) is 0 Å². The molecule has 0 unspecified atom stereocenters. The van der Waals surface area contributed by atoms with Gasteiger partial charge in [0.15, 0.2) is 0 Å². The number of morpholine rings is 1. The lowest BCUT2D eigenvalue weighted by atomic mass is 10.2. The van der Waals surface area contributed by atoms with E-state index in [1.807, 2.05) is 0 Å². The minimum atomic E-state index is -3.62. The largest absolute Gasteiger partial charge is 0.383 e. The van der Waals surface area contributed by atoms with Crippen LogP contribution in [0, 0.1) is 5.92 Å². The molecule has 8 nitrogen and oxygen atoms in total. The van der Waals surface area contributed by atoms with Crippen LogP contribution in [0.2, 0.25) is 0 Å². The summed E-state index contributed by atoms with van der Waals surface area (Å²) in [6, 6.07) is 4.82. The van der Waals surface area contributed by atoms with Gasteiger partial charge < -0.3 is 20.7 Å². The average Bonchev–Trinajstić information content (AvgIpc) is 2.65. The van der Waals surface area contributed by atoms with Crippen molar-refractivity contribution in [3.8, 4) is 0 Å². The predicted octanol–water partition coefficient (Wildman–Crippen LogP) is 1.32. The number of carbonyl (C=O) groups is 1. The zero-order valence-electron chi connectivity index (χ0n) is 16.2. The Morgan fingerprint density at radius 1 is 1.22 bits per heavy atom. The van der Waals surface area contributed by atoms with Gasteiger partial charge in [-0.2, -0.15) is 4.31 Å². The Labute approximate surface area is 161 Å². The second-order valence-corrected chi connectivity index (χ2v) is 8.84. The molecule has 1 amide bonds. The van der Waals surface area contributed by atoms with Gasteiger partial charge in [-0.3, -0.25) is 4.79 Å². The predicted molar refractivity (Wildman–Crippen MR) is 107 cm³/mol. The Balaban J connectivity index is 2.28. The number of anilines is 2. The van der Waals surface area contributed by atoms with Crippen LogP contribution in [0.4, 0.5) is 11.4 Å². The molecule has 0 bridgehead atoms. The third-order valence-corrected chi connectivity index (χ3v) is 6.07. The fraction of sp³-hybridized carbons (Fsp3) is 0.611. The summed E-state index contributed by atoms with van der Waals surface area (Å²) in [6.07, 6.45) is 0.306. The fourth-order valence-electron chi connectivity index (χ4n) is 2.64. The Hall–Kier alpha value is -1.68. The monoisotopic (exact) mass is 398 g/mol. The molecule has 27 heavy (non-hydrogen) atoms. The maximum atomic E-state index is 12.9. The van der Waals surface area contributed by atoms with E-state index >= 15 is 0 Å². The van der Waals surface area contributed by atoms with Gasteiger partial charge in [-0.05, 0) is 31.2 Å². The maximum Gasteiger partial charge on any atom is 0.243 e. The number of amides is 1. The lowest BCUT2D eigenvalue weighted by molar-refractivity contribution is -0.116. The van der Waals surface area contributed by atoms with E-state index in [1.165, 1.54) is 10.4 Å². The van der Waals surface area contributed by atoms with Crippen molar-refractivity contribution in [3.63, 3.8) is 0 Å². The number of hydrogen-bond donors (Lipinski definition) is 3. The lowest BCUT2D eigenvalue weighted by Gasteiger charge is -2.26. The van der Waals surface area contributed by atoms with Crippen molar-refractivity contribution in [2.45, 2.75) is 25.2 Å². The highest BCUT2D eigenvalue weighted by Crippen LogP contribution is 2.28. The second-order valence-electron chi connectivity index (χ2n) is 6.90. The van der Waals surface area contributed by atoms with Gasteiger partial charge in [-0.25, -0.2) is 8.42 Å². The molecule has 2 rings (SSSR count). The highest BCUT2D eigenvalue weighted by Gasteiger charge is 2.27. The van der Waals surface area contributed by atoms with Gasteiger partial charge in [-0.15, -0.1) is 0 Å². The molecule has 0 saturated carbocycles. The maximum absolute atomic E-state index is 12.9. The molecule has 0 atom stereocenters. The topological polar surface area (TPSA) is 99.8 Å². The summed E-state index contributed by atoms with van der Waals surface area (Å²) in [5.74, 6) is 0.243. The summed E-state index contributed by atoms with van der Waals surface area (Å²) >= 11 is 0. The van der Waals surface area contributed by atoms with Crippen LogP contribution in [0.25, 0.3) is 0 Å². The molecule has 1 fully saturated rings. The first-order valence-electron chi connectivity index (χ1n) is 9.25. The van der Waals surface area contributed by atoms with Gasteiger partial charge in [0, 0.05) is 32.6 Å². The van der Waals surface area contributed by atoms with Crippen LogP contribution in [-0.2, 0) is 19.6 Å². The molecular formula is C18H30N4O4S. The first kappa shape index (κ1) is 21.6. The molecule has 152 valence electrons. The molecular weight excluding hydrogens is 368 g/mol. The molecule has 0 aromatic heterocycles. The number of hydrogen-bond acceptors (Lipinski definition) is 6. The molecule has 1 aromatic carbocycles. The Morgan fingerprint density at radius 3 is 2.56 bits per heavy atom. The average molecular weight is 399 g/mol. The Bertz CT molecular complexity index is 731. The molecule has 0 radical (unpaired) electrons. The molecule has 0 spiro atoms. The first-order valence-corrected chi connectivity index (χ1v) is 10.7. The van der Waals surface area contributed by atoms with Crippen LogP contribution < -0.4 is 16.0 Å². The van der Waals surface area contributed by atoms with Gasteiger partial charge in [-0.1, -0.05) is 13.8 Å². The van der Waals surface area contributed by atoms with E-state index in [1.54, 1.807) is 19.2 Å². The summed E-state index contributed by atoms with van der Waals surface area (Å²) in [7, 11) is -1.85. The molecule has 1 saturated heterocycles. The lowest BCUT2D eigenvalue weighted by Crippen LogP contribution is -2.40. The first-order chi connectivity index (χ1) is 12.8. The van der Waals surface area contributed by atoms with E-state index < -0.39 is 10.0 Å². The fourth-order valence-corrected chi connectivity index (χ4v) is 4.08. The number of rotatable bonds is 9. The standard InChI is InChI=1S/C18H30N4O4S/c1-14(2)13-20-16-5-4-15(12-17(16)21-18(23)6-7-19-3)27(24,25)22-8-10-26-11-9-22/h4-5,12,14,19-20H,6-11,13H2,1-3H3,(H,21,23). The highest BCUT2D eigenvalue weighted by molar-refractivity contribution is 7.89. The van der Waals surface area contributed by atoms with E-state index in [-0.39, 0.29) is 10.8 Å². The molecule has 1 aromatic rings. The van der Waals surface area contributed by atoms with Crippen LogP contribution in [0.15, 0.2) is 23.1 Å². The zero-order chi connectivity index (χ0) is 19.9. The van der Waals surface area contributed by atoms with Crippen molar-refractivity contribution < 1.29 is 17.9 Å². The summed E-state index contributed by atoms with van der Waals surface area (Å²) in [4.78, 5) is 12.3. The second kappa shape index (κ2) is 10.0. The van der Waals surface area contributed by atoms with E-state index in [0.29, 0.717) is 56.6 Å². The Morgan fingerprint density at radius 2 is 1.93 bits per heavy atom. The summed E-state index contributed by atoms with van der Waals surface area (Å²) in [5, 5.41) is 9.04. The van der Waals surface area contributed by atoms with E-state index in [9.17, 15) is 13.2 Å². The number of benzene rings is 1. The smallest absolute Gasteiger partial charge is 0.243 e. The van der Waals surface area contributed by atoms with Crippen molar-refractivity contribution in [1.82, 2.24) is 9.62 Å². The molecule has 9 heteroatoms. The number of sulfonamides is 1. The quantitative estimate of drug-likeness (QED) is 0.580. The van der Waals surface area contributed by atoms with Crippen molar-refractivity contribution >= 4 is 27.3 Å². The van der Waals surface area contributed by atoms with Crippen molar-refractivity contribution in [2.75, 3.05) is 57.1 Å².